The zero-order chi connectivity index (χ0) is 13.5. The summed E-state index contributed by atoms with van der Waals surface area (Å²) in [6, 6.07) is 17.0. The van der Waals surface area contributed by atoms with Crippen molar-refractivity contribution in [3.05, 3.63) is 66.0 Å². The first-order valence-electron chi connectivity index (χ1n) is 6.54. The van der Waals surface area contributed by atoms with Crippen LogP contribution in [0.5, 0.6) is 0 Å². The van der Waals surface area contributed by atoms with Gasteiger partial charge in [-0.3, -0.25) is 0 Å². The standard InChI is InChI=1S/C16H19FN2/c17-16-10-5-4-7-14(16)13-19(12-6-11-18)15-8-2-1-3-9-15/h1-5,7-10H,6,11-13,18H2. The molecule has 3 heteroatoms. The van der Waals surface area contributed by atoms with Crippen LogP contribution >= 0.6 is 0 Å². The van der Waals surface area contributed by atoms with Gasteiger partial charge in [0.2, 0.25) is 0 Å². The Morgan fingerprint density at radius 1 is 0.947 bits per heavy atom. The molecule has 0 radical (unpaired) electrons. The van der Waals surface area contributed by atoms with Crippen molar-refractivity contribution in [3.8, 4) is 0 Å². The van der Waals surface area contributed by atoms with Gasteiger partial charge in [-0.15, -0.1) is 0 Å². The fourth-order valence-corrected chi connectivity index (χ4v) is 2.05. The van der Waals surface area contributed by atoms with Gasteiger partial charge in [0.05, 0.1) is 0 Å². The summed E-state index contributed by atoms with van der Waals surface area (Å²) in [7, 11) is 0. The van der Waals surface area contributed by atoms with Crippen molar-refractivity contribution in [2.45, 2.75) is 13.0 Å². The predicted molar refractivity (Wildman–Crippen MR) is 77.6 cm³/mol. The molecule has 0 saturated carbocycles. The van der Waals surface area contributed by atoms with Gasteiger partial charge in [0.1, 0.15) is 5.82 Å². The topological polar surface area (TPSA) is 29.3 Å². The van der Waals surface area contributed by atoms with E-state index in [-0.39, 0.29) is 5.82 Å². The lowest BCUT2D eigenvalue weighted by atomic mass is 10.1. The fraction of sp³-hybridized carbons (Fsp3) is 0.250. The average Bonchev–Trinajstić information content (AvgIpc) is 2.46. The molecule has 0 heterocycles. The van der Waals surface area contributed by atoms with E-state index in [0.29, 0.717) is 18.7 Å². The zero-order valence-electron chi connectivity index (χ0n) is 10.9. The molecule has 0 aromatic heterocycles. The van der Waals surface area contributed by atoms with Crippen LogP contribution in [0.1, 0.15) is 12.0 Å². The van der Waals surface area contributed by atoms with Gasteiger partial charge in [-0.1, -0.05) is 36.4 Å². The van der Waals surface area contributed by atoms with Gasteiger partial charge in [0.15, 0.2) is 0 Å². The fourth-order valence-electron chi connectivity index (χ4n) is 2.05. The van der Waals surface area contributed by atoms with Crippen molar-refractivity contribution in [2.75, 3.05) is 18.0 Å². The summed E-state index contributed by atoms with van der Waals surface area (Å²) in [5.41, 5.74) is 7.39. The maximum atomic E-state index is 13.7. The van der Waals surface area contributed by atoms with Crippen LogP contribution in [-0.4, -0.2) is 13.1 Å². The maximum Gasteiger partial charge on any atom is 0.128 e. The first-order valence-corrected chi connectivity index (χ1v) is 6.54. The smallest absolute Gasteiger partial charge is 0.128 e. The molecule has 0 aliphatic rings. The summed E-state index contributed by atoms with van der Waals surface area (Å²) < 4.78 is 13.7. The zero-order valence-corrected chi connectivity index (χ0v) is 10.9. The van der Waals surface area contributed by atoms with E-state index in [1.165, 1.54) is 6.07 Å². The Kier molecular flexibility index (Phi) is 4.93. The van der Waals surface area contributed by atoms with Crippen LogP contribution < -0.4 is 10.6 Å². The van der Waals surface area contributed by atoms with Crippen LogP contribution in [0.2, 0.25) is 0 Å². The van der Waals surface area contributed by atoms with Crippen molar-refractivity contribution in [1.82, 2.24) is 0 Å². The second-order valence-electron chi connectivity index (χ2n) is 4.49. The number of benzene rings is 2. The largest absolute Gasteiger partial charge is 0.367 e. The van der Waals surface area contributed by atoms with Crippen LogP contribution in [0.25, 0.3) is 0 Å². The van der Waals surface area contributed by atoms with E-state index in [1.54, 1.807) is 6.07 Å². The number of nitrogens with two attached hydrogens (primary N) is 1. The molecule has 0 spiro atoms. The number of hydrogen-bond donors (Lipinski definition) is 1. The maximum absolute atomic E-state index is 13.7. The molecule has 0 unspecified atom stereocenters. The highest BCUT2D eigenvalue weighted by molar-refractivity contribution is 5.46. The first kappa shape index (κ1) is 13.6. The highest BCUT2D eigenvalue weighted by atomic mass is 19.1. The number of para-hydroxylation sites is 1. The molecule has 2 aromatic rings. The second kappa shape index (κ2) is 6.90. The van der Waals surface area contributed by atoms with Gasteiger partial charge < -0.3 is 10.6 Å². The van der Waals surface area contributed by atoms with Crippen molar-refractivity contribution in [3.63, 3.8) is 0 Å². The molecule has 0 fully saturated rings. The van der Waals surface area contributed by atoms with Crippen LogP contribution in [0.3, 0.4) is 0 Å². The summed E-state index contributed by atoms with van der Waals surface area (Å²) >= 11 is 0. The number of halogens is 1. The Morgan fingerprint density at radius 3 is 2.32 bits per heavy atom. The molecule has 0 atom stereocenters. The number of hydrogen-bond acceptors (Lipinski definition) is 2. The average molecular weight is 258 g/mol. The first-order chi connectivity index (χ1) is 9.31. The van der Waals surface area contributed by atoms with E-state index < -0.39 is 0 Å². The van der Waals surface area contributed by atoms with E-state index >= 15 is 0 Å². The Hall–Kier alpha value is -1.87. The molecule has 0 aliphatic carbocycles. The van der Waals surface area contributed by atoms with E-state index in [1.807, 2.05) is 42.5 Å². The third kappa shape index (κ3) is 3.80. The third-order valence-electron chi connectivity index (χ3n) is 3.07. The molecule has 100 valence electrons. The Morgan fingerprint density at radius 2 is 1.63 bits per heavy atom. The van der Waals surface area contributed by atoms with Gasteiger partial charge in [-0.2, -0.15) is 0 Å². The SMILES string of the molecule is NCCCN(Cc1ccccc1F)c1ccccc1. The minimum atomic E-state index is -0.156. The summed E-state index contributed by atoms with van der Waals surface area (Å²) in [4.78, 5) is 2.16. The minimum absolute atomic E-state index is 0.156. The van der Waals surface area contributed by atoms with Gasteiger partial charge in [-0.05, 0) is 31.2 Å². The molecule has 19 heavy (non-hydrogen) atoms. The molecule has 2 rings (SSSR count). The van der Waals surface area contributed by atoms with E-state index in [0.717, 1.165) is 18.7 Å². The molecule has 2 aromatic carbocycles. The van der Waals surface area contributed by atoms with E-state index in [2.05, 4.69) is 4.90 Å². The Bertz CT molecular complexity index is 499. The summed E-state index contributed by atoms with van der Waals surface area (Å²) in [6.45, 7) is 2.03. The van der Waals surface area contributed by atoms with Crippen LogP contribution in [-0.2, 0) is 6.54 Å². The number of rotatable bonds is 6. The van der Waals surface area contributed by atoms with Gasteiger partial charge in [-0.25, -0.2) is 4.39 Å². The van der Waals surface area contributed by atoms with Crippen molar-refractivity contribution >= 4 is 5.69 Å². The summed E-state index contributed by atoms with van der Waals surface area (Å²) in [6.07, 6.45) is 0.892. The number of anilines is 1. The molecule has 0 bridgehead atoms. The Labute approximate surface area is 113 Å². The molecular formula is C16H19FN2. The van der Waals surface area contributed by atoms with Crippen LogP contribution in [0, 0.1) is 5.82 Å². The van der Waals surface area contributed by atoms with Gasteiger partial charge in [0, 0.05) is 24.3 Å². The van der Waals surface area contributed by atoms with Crippen molar-refractivity contribution < 1.29 is 4.39 Å². The minimum Gasteiger partial charge on any atom is -0.367 e. The van der Waals surface area contributed by atoms with Crippen LogP contribution in [0.4, 0.5) is 10.1 Å². The molecule has 0 amide bonds. The van der Waals surface area contributed by atoms with E-state index in [4.69, 9.17) is 5.73 Å². The quantitative estimate of drug-likeness (QED) is 0.862. The summed E-state index contributed by atoms with van der Waals surface area (Å²) in [5.74, 6) is -0.156. The lowest BCUT2D eigenvalue weighted by molar-refractivity contribution is 0.602. The summed E-state index contributed by atoms with van der Waals surface area (Å²) in [5, 5.41) is 0. The monoisotopic (exact) mass is 258 g/mol. The molecular weight excluding hydrogens is 239 g/mol. The second-order valence-corrected chi connectivity index (χ2v) is 4.49. The Balaban J connectivity index is 2.17. The van der Waals surface area contributed by atoms with Crippen LogP contribution in [0.15, 0.2) is 54.6 Å². The molecule has 2 nitrogen and oxygen atoms in total. The lowest BCUT2D eigenvalue weighted by Crippen LogP contribution is -2.26. The lowest BCUT2D eigenvalue weighted by Gasteiger charge is -2.25. The molecule has 0 aliphatic heterocycles. The highest BCUT2D eigenvalue weighted by Crippen LogP contribution is 2.18. The number of nitrogens with zero attached hydrogens (tertiary/aromatic N) is 1. The predicted octanol–water partition coefficient (Wildman–Crippen LogP) is 3.18. The van der Waals surface area contributed by atoms with Crippen molar-refractivity contribution in [1.29, 1.82) is 0 Å². The van der Waals surface area contributed by atoms with E-state index in [9.17, 15) is 4.39 Å². The van der Waals surface area contributed by atoms with Gasteiger partial charge in [0.25, 0.3) is 0 Å². The third-order valence-corrected chi connectivity index (χ3v) is 3.07. The normalized spacial score (nSPS) is 10.4. The molecule has 2 N–H and O–H groups in total. The molecule has 0 saturated heterocycles. The highest BCUT2D eigenvalue weighted by Gasteiger charge is 2.09. The van der Waals surface area contributed by atoms with Gasteiger partial charge >= 0.3 is 0 Å². The van der Waals surface area contributed by atoms with Crippen molar-refractivity contribution in [2.24, 2.45) is 5.73 Å².